The summed E-state index contributed by atoms with van der Waals surface area (Å²) >= 11 is 6.04. The summed E-state index contributed by atoms with van der Waals surface area (Å²) in [5.74, 6) is 0.778. The molecule has 0 bridgehead atoms. The lowest BCUT2D eigenvalue weighted by Gasteiger charge is -2.36. The van der Waals surface area contributed by atoms with E-state index in [0.717, 1.165) is 24.4 Å². The Morgan fingerprint density at radius 2 is 1.60 bits per heavy atom. The standard InChI is InChI=1S/C25H30ClN5O4/c26-20-5-3-19(4-6-20)21-16-22(23-2-1-13-35-23)31(27-21)25(33)18-28-7-9-30(10-8-28)24(32)17-29-11-14-34-15-12-29/h1-6,13,22H,7-12,14-18H2. The molecule has 0 saturated carbocycles. The summed E-state index contributed by atoms with van der Waals surface area (Å²) in [5, 5.41) is 6.90. The molecule has 0 radical (unpaired) electrons. The molecule has 35 heavy (non-hydrogen) atoms. The first-order valence-corrected chi connectivity index (χ1v) is 12.4. The molecule has 1 aromatic carbocycles. The highest BCUT2D eigenvalue weighted by atomic mass is 35.5. The number of nitrogens with zero attached hydrogens (tertiary/aromatic N) is 5. The zero-order valence-electron chi connectivity index (χ0n) is 19.6. The Morgan fingerprint density at radius 1 is 0.914 bits per heavy atom. The Hall–Kier alpha value is -2.72. The minimum atomic E-state index is -0.278. The van der Waals surface area contributed by atoms with Crippen LogP contribution in [0.4, 0.5) is 0 Å². The lowest BCUT2D eigenvalue weighted by atomic mass is 10.0. The van der Waals surface area contributed by atoms with E-state index in [0.29, 0.717) is 63.1 Å². The van der Waals surface area contributed by atoms with E-state index in [1.807, 2.05) is 41.3 Å². The maximum absolute atomic E-state index is 13.3. The average Bonchev–Trinajstić information content (AvgIpc) is 3.56. The van der Waals surface area contributed by atoms with E-state index in [2.05, 4.69) is 14.9 Å². The van der Waals surface area contributed by atoms with Crippen molar-refractivity contribution in [2.45, 2.75) is 12.5 Å². The summed E-state index contributed by atoms with van der Waals surface area (Å²) < 4.78 is 11.0. The second-order valence-electron chi connectivity index (χ2n) is 9.07. The topological polar surface area (TPSA) is 81.8 Å². The molecule has 186 valence electrons. The third-order valence-corrected chi connectivity index (χ3v) is 7.01. The number of furan rings is 1. The van der Waals surface area contributed by atoms with Gasteiger partial charge < -0.3 is 14.1 Å². The van der Waals surface area contributed by atoms with Gasteiger partial charge in [0.15, 0.2) is 0 Å². The van der Waals surface area contributed by atoms with E-state index in [9.17, 15) is 9.59 Å². The molecule has 10 heteroatoms. The number of hydrazone groups is 1. The summed E-state index contributed by atoms with van der Waals surface area (Å²) in [5.41, 5.74) is 1.77. The molecular formula is C25H30ClN5O4. The van der Waals surface area contributed by atoms with Crippen molar-refractivity contribution in [3.05, 3.63) is 59.0 Å². The molecule has 0 N–H and O–H groups in total. The van der Waals surface area contributed by atoms with Crippen molar-refractivity contribution in [2.75, 3.05) is 65.6 Å². The van der Waals surface area contributed by atoms with Gasteiger partial charge in [-0.3, -0.25) is 19.4 Å². The molecule has 1 aromatic heterocycles. The Bertz CT molecular complexity index is 1040. The van der Waals surface area contributed by atoms with Crippen molar-refractivity contribution in [2.24, 2.45) is 5.10 Å². The van der Waals surface area contributed by atoms with Crippen LogP contribution in [-0.2, 0) is 14.3 Å². The smallest absolute Gasteiger partial charge is 0.257 e. The van der Waals surface area contributed by atoms with E-state index in [-0.39, 0.29) is 24.4 Å². The highest BCUT2D eigenvalue weighted by Crippen LogP contribution is 2.33. The quantitative estimate of drug-likeness (QED) is 0.605. The molecule has 2 saturated heterocycles. The Balaban J connectivity index is 1.19. The van der Waals surface area contributed by atoms with Crippen molar-refractivity contribution >= 4 is 29.1 Å². The number of hydrogen-bond acceptors (Lipinski definition) is 7. The maximum Gasteiger partial charge on any atom is 0.257 e. The predicted molar refractivity (Wildman–Crippen MR) is 131 cm³/mol. The fraction of sp³-hybridized carbons (Fsp3) is 0.480. The average molecular weight is 500 g/mol. The van der Waals surface area contributed by atoms with E-state index in [1.165, 1.54) is 0 Å². The van der Waals surface area contributed by atoms with Gasteiger partial charge in [-0.1, -0.05) is 23.7 Å². The van der Waals surface area contributed by atoms with Gasteiger partial charge in [0.2, 0.25) is 5.91 Å². The van der Waals surface area contributed by atoms with Gasteiger partial charge in [-0.25, -0.2) is 5.01 Å². The zero-order chi connectivity index (χ0) is 24.2. The Labute approximate surface area is 209 Å². The number of hydrogen-bond donors (Lipinski definition) is 0. The van der Waals surface area contributed by atoms with Gasteiger partial charge in [0.05, 0.1) is 38.3 Å². The van der Waals surface area contributed by atoms with Gasteiger partial charge in [0.25, 0.3) is 5.91 Å². The van der Waals surface area contributed by atoms with Crippen LogP contribution in [0.2, 0.25) is 5.02 Å². The molecule has 3 aliphatic rings. The first-order chi connectivity index (χ1) is 17.1. The predicted octanol–water partition coefficient (Wildman–Crippen LogP) is 2.09. The number of carbonyl (C=O) groups is 2. The van der Waals surface area contributed by atoms with Gasteiger partial charge in [0.1, 0.15) is 11.8 Å². The van der Waals surface area contributed by atoms with Gasteiger partial charge in [-0.05, 0) is 29.8 Å². The van der Waals surface area contributed by atoms with Crippen LogP contribution < -0.4 is 0 Å². The van der Waals surface area contributed by atoms with Crippen molar-refractivity contribution in [3.63, 3.8) is 0 Å². The zero-order valence-corrected chi connectivity index (χ0v) is 20.4. The molecule has 3 aliphatic heterocycles. The van der Waals surface area contributed by atoms with E-state index >= 15 is 0 Å². The van der Waals surface area contributed by atoms with Crippen LogP contribution in [0.25, 0.3) is 0 Å². The van der Waals surface area contributed by atoms with Crippen LogP contribution in [0.3, 0.4) is 0 Å². The van der Waals surface area contributed by atoms with Gasteiger partial charge in [0, 0.05) is 50.7 Å². The molecule has 1 atom stereocenters. The SMILES string of the molecule is O=C(CN1CCOCC1)N1CCN(CC(=O)N2N=C(c3ccc(Cl)cc3)CC2c2ccco2)CC1. The highest BCUT2D eigenvalue weighted by Gasteiger charge is 2.36. The second kappa shape index (κ2) is 10.9. The Morgan fingerprint density at radius 3 is 2.29 bits per heavy atom. The number of carbonyl (C=O) groups excluding carboxylic acids is 2. The molecule has 5 rings (SSSR count). The summed E-state index contributed by atoms with van der Waals surface area (Å²) in [7, 11) is 0. The van der Waals surface area contributed by atoms with Crippen LogP contribution in [0.1, 0.15) is 23.8 Å². The summed E-state index contributed by atoms with van der Waals surface area (Å²) in [4.78, 5) is 32.2. The number of amides is 2. The van der Waals surface area contributed by atoms with Crippen LogP contribution in [-0.4, -0.2) is 103 Å². The molecule has 9 nitrogen and oxygen atoms in total. The largest absolute Gasteiger partial charge is 0.467 e. The third kappa shape index (κ3) is 5.75. The van der Waals surface area contributed by atoms with Crippen LogP contribution in [0, 0.1) is 0 Å². The number of ether oxygens (including phenoxy) is 1. The minimum Gasteiger partial charge on any atom is -0.467 e. The van der Waals surface area contributed by atoms with Crippen molar-refractivity contribution in [1.29, 1.82) is 0 Å². The molecule has 2 fully saturated rings. The van der Waals surface area contributed by atoms with Crippen molar-refractivity contribution < 1.29 is 18.7 Å². The minimum absolute atomic E-state index is 0.0801. The molecule has 0 spiro atoms. The normalized spacial score (nSPS) is 21.9. The molecule has 2 aromatic rings. The summed E-state index contributed by atoms with van der Waals surface area (Å²) in [6.07, 6.45) is 2.19. The van der Waals surface area contributed by atoms with Crippen LogP contribution in [0.15, 0.2) is 52.2 Å². The van der Waals surface area contributed by atoms with Crippen LogP contribution >= 0.6 is 11.6 Å². The third-order valence-electron chi connectivity index (χ3n) is 6.76. The fourth-order valence-electron chi connectivity index (χ4n) is 4.73. The fourth-order valence-corrected chi connectivity index (χ4v) is 4.86. The first-order valence-electron chi connectivity index (χ1n) is 12.1. The van der Waals surface area contributed by atoms with Crippen LogP contribution in [0.5, 0.6) is 0 Å². The van der Waals surface area contributed by atoms with Crippen molar-refractivity contribution in [3.8, 4) is 0 Å². The number of benzene rings is 1. The molecule has 4 heterocycles. The summed E-state index contributed by atoms with van der Waals surface area (Å²) in [6.45, 7) is 6.21. The number of piperazine rings is 1. The molecule has 0 aliphatic carbocycles. The summed E-state index contributed by atoms with van der Waals surface area (Å²) in [6, 6.07) is 10.9. The number of rotatable bonds is 6. The molecule has 1 unspecified atom stereocenters. The highest BCUT2D eigenvalue weighted by molar-refractivity contribution is 6.30. The maximum atomic E-state index is 13.3. The first kappa shape index (κ1) is 24.0. The lowest BCUT2D eigenvalue weighted by molar-refractivity contribution is -0.137. The van der Waals surface area contributed by atoms with Crippen molar-refractivity contribution in [1.82, 2.24) is 19.7 Å². The van der Waals surface area contributed by atoms with Gasteiger partial charge >= 0.3 is 0 Å². The van der Waals surface area contributed by atoms with Gasteiger partial charge in [-0.15, -0.1) is 0 Å². The van der Waals surface area contributed by atoms with E-state index in [4.69, 9.17) is 20.8 Å². The van der Waals surface area contributed by atoms with Gasteiger partial charge in [-0.2, -0.15) is 5.10 Å². The second-order valence-corrected chi connectivity index (χ2v) is 9.51. The lowest BCUT2D eigenvalue weighted by Crippen LogP contribution is -2.53. The number of halogens is 1. The molecular weight excluding hydrogens is 470 g/mol. The monoisotopic (exact) mass is 499 g/mol. The van der Waals surface area contributed by atoms with E-state index in [1.54, 1.807) is 11.3 Å². The molecule has 2 amide bonds. The Kier molecular flexibility index (Phi) is 7.48. The number of morpholine rings is 1. The van der Waals surface area contributed by atoms with E-state index < -0.39 is 0 Å².